The fourth-order valence-electron chi connectivity index (χ4n) is 1.21. The summed E-state index contributed by atoms with van der Waals surface area (Å²) in [5, 5.41) is 3.03. The molecule has 0 fully saturated rings. The molecule has 1 rings (SSSR count). The number of hydrogen-bond donors (Lipinski definition) is 1. The van der Waals surface area contributed by atoms with Crippen LogP contribution in [0.1, 0.15) is 18.1 Å². The van der Waals surface area contributed by atoms with E-state index in [0.717, 1.165) is 24.1 Å². The van der Waals surface area contributed by atoms with Gasteiger partial charge in [0.05, 0.1) is 0 Å². The third-order valence-corrected chi connectivity index (χ3v) is 1.87. The first-order valence-electron chi connectivity index (χ1n) is 4.19. The molecule has 0 aliphatic heterocycles. The molecule has 0 amide bonds. The van der Waals surface area contributed by atoms with Crippen LogP contribution in [0.2, 0.25) is 0 Å². The molecular formula is C10H14FN. The van der Waals surface area contributed by atoms with E-state index in [0.29, 0.717) is 0 Å². The van der Waals surface area contributed by atoms with Crippen LogP contribution in [0.5, 0.6) is 0 Å². The zero-order chi connectivity index (χ0) is 8.97. The summed E-state index contributed by atoms with van der Waals surface area (Å²) in [7, 11) is 1.88. The first-order valence-corrected chi connectivity index (χ1v) is 4.19. The van der Waals surface area contributed by atoms with E-state index in [-0.39, 0.29) is 5.82 Å². The molecule has 0 heterocycles. The monoisotopic (exact) mass is 167 g/mol. The molecule has 0 aliphatic rings. The van der Waals surface area contributed by atoms with E-state index in [9.17, 15) is 4.39 Å². The van der Waals surface area contributed by atoms with Crippen molar-refractivity contribution in [3.05, 3.63) is 35.1 Å². The van der Waals surface area contributed by atoms with Gasteiger partial charge in [-0.2, -0.15) is 0 Å². The topological polar surface area (TPSA) is 12.0 Å². The number of aryl methyl sites for hydroxylation is 1. The van der Waals surface area contributed by atoms with Gasteiger partial charge in [-0.3, -0.25) is 0 Å². The van der Waals surface area contributed by atoms with Crippen molar-refractivity contribution >= 4 is 0 Å². The highest BCUT2D eigenvalue weighted by Crippen LogP contribution is 2.10. The lowest BCUT2D eigenvalue weighted by molar-refractivity contribution is 0.610. The van der Waals surface area contributed by atoms with Crippen molar-refractivity contribution in [3.8, 4) is 0 Å². The summed E-state index contributed by atoms with van der Waals surface area (Å²) < 4.78 is 13.0. The highest BCUT2D eigenvalue weighted by Gasteiger charge is 2.00. The van der Waals surface area contributed by atoms with Gasteiger partial charge in [-0.25, -0.2) is 4.39 Å². The highest BCUT2D eigenvalue weighted by molar-refractivity contribution is 5.24. The Morgan fingerprint density at radius 1 is 1.42 bits per heavy atom. The summed E-state index contributed by atoms with van der Waals surface area (Å²) in [6.45, 7) is 2.76. The van der Waals surface area contributed by atoms with Crippen LogP contribution in [-0.4, -0.2) is 7.05 Å². The lowest BCUT2D eigenvalue weighted by atomic mass is 10.1. The molecule has 1 aromatic carbocycles. The van der Waals surface area contributed by atoms with Gasteiger partial charge in [0.2, 0.25) is 0 Å². The average Bonchev–Trinajstić information content (AvgIpc) is 2.09. The molecule has 0 aliphatic carbocycles. The van der Waals surface area contributed by atoms with Gasteiger partial charge in [0.1, 0.15) is 5.82 Å². The Morgan fingerprint density at radius 2 is 2.17 bits per heavy atom. The molecule has 0 spiro atoms. The second-order valence-corrected chi connectivity index (χ2v) is 2.81. The Bertz CT molecular complexity index is 258. The van der Waals surface area contributed by atoms with Crippen LogP contribution in [0, 0.1) is 5.82 Å². The van der Waals surface area contributed by atoms with Gasteiger partial charge < -0.3 is 5.32 Å². The van der Waals surface area contributed by atoms with E-state index < -0.39 is 0 Å². The number of halogens is 1. The summed E-state index contributed by atoms with van der Waals surface area (Å²) in [5.74, 6) is -0.0997. The maximum Gasteiger partial charge on any atom is 0.126 e. The second kappa shape index (κ2) is 4.21. The molecule has 0 unspecified atom stereocenters. The molecule has 2 heteroatoms. The van der Waals surface area contributed by atoms with Crippen LogP contribution >= 0.6 is 0 Å². The van der Waals surface area contributed by atoms with Crippen molar-refractivity contribution in [2.24, 2.45) is 0 Å². The molecule has 0 aromatic heterocycles. The molecule has 12 heavy (non-hydrogen) atoms. The van der Waals surface area contributed by atoms with Crippen LogP contribution in [0.15, 0.2) is 18.2 Å². The van der Waals surface area contributed by atoms with E-state index in [1.54, 1.807) is 0 Å². The van der Waals surface area contributed by atoms with Crippen molar-refractivity contribution in [2.45, 2.75) is 19.9 Å². The van der Waals surface area contributed by atoms with Gasteiger partial charge in [-0.05, 0) is 30.7 Å². The molecule has 1 N–H and O–H groups in total. The summed E-state index contributed by atoms with van der Waals surface area (Å²) in [6, 6.07) is 5.25. The quantitative estimate of drug-likeness (QED) is 0.727. The molecule has 0 saturated heterocycles. The van der Waals surface area contributed by atoms with Gasteiger partial charge in [-0.15, -0.1) is 0 Å². The van der Waals surface area contributed by atoms with Gasteiger partial charge >= 0.3 is 0 Å². The van der Waals surface area contributed by atoms with Crippen molar-refractivity contribution < 1.29 is 4.39 Å². The van der Waals surface area contributed by atoms with Crippen LogP contribution in [0.3, 0.4) is 0 Å². The fraction of sp³-hybridized carbons (Fsp3) is 0.400. The first kappa shape index (κ1) is 9.20. The van der Waals surface area contributed by atoms with Gasteiger partial charge in [0.25, 0.3) is 0 Å². The second-order valence-electron chi connectivity index (χ2n) is 2.81. The SMILES string of the molecule is CCc1cc(CNC)ccc1F. The molecule has 0 saturated carbocycles. The minimum atomic E-state index is -0.0997. The Hall–Kier alpha value is -0.890. The normalized spacial score (nSPS) is 10.2. The number of rotatable bonds is 3. The summed E-state index contributed by atoms with van der Waals surface area (Å²) in [6.07, 6.45) is 0.753. The predicted molar refractivity (Wildman–Crippen MR) is 48.5 cm³/mol. The molecule has 0 bridgehead atoms. The Kier molecular flexibility index (Phi) is 3.23. The van der Waals surface area contributed by atoms with E-state index in [4.69, 9.17) is 0 Å². The standard InChI is InChI=1S/C10H14FN/c1-3-9-6-8(7-12-2)4-5-10(9)11/h4-6,12H,3,7H2,1-2H3. The highest BCUT2D eigenvalue weighted by atomic mass is 19.1. The van der Waals surface area contributed by atoms with Crippen molar-refractivity contribution in [3.63, 3.8) is 0 Å². The van der Waals surface area contributed by atoms with E-state index >= 15 is 0 Å². The zero-order valence-corrected chi connectivity index (χ0v) is 7.52. The smallest absolute Gasteiger partial charge is 0.126 e. The average molecular weight is 167 g/mol. The van der Waals surface area contributed by atoms with Crippen molar-refractivity contribution in [2.75, 3.05) is 7.05 Å². The largest absolute Gasteiger partial charge is 0.316 e. The van der Waals surface area contributed by atoms with Crippen molar-refractivity contribution in [1.82, 2.24) is 5.32 Å². The molecule has 0 radical (unpaired) electrons. The molecule has 66 valence electrons. The van der Waals surface area contributed by atoms with Crippen LogP contribution in [0.25, 0.3) is 0 Å². The molecular weight excluding hydrogens is 153 g/mol. The third-order valence-electron chi connectivity index (χ3n) is 1.87. The van der Waals surface area contributed by atoms with E-state index in [2.05, 4.69) is 5.32 Å². The number of nitrogens with one attached hydrogen (secondary N) is 1. The Labute approximate surface area is 72.6 Å². The minimum Gasteiger partial charge on any atom is -0.316 e. The van der Waals surface area contributed by atoms with Crippen LogP contribution in [0.4, 0.5) is 4.39 Å². The molecule has 1 aromatic rings. The predicted octanol–water partition coefficient (Wildman–Crippen LogP) is 2.11. The summed E-state index contributed by atoms with van der Waals surface area (Å²) >= 11 is 0. The Morgan fingerprint density at radius 3 is 2.75 bits per heavy atom. The van der Waals surface area contributed by atoms with Gasteiger partial charge in [0.15, 0.2) is 0 Å². The number of hydrogen-bond acceptors (Lipinski definition) is 1. The summed E-state index contributed by atoms with van der Waals surface area (Å²) in [4.78, 5) is 0. The zero-order valence-electron chi connectivity index (χ0n) is 7.52. The number of benzene rings is 1. The van der Waals surface area contributed by atoms with E-state index in [1.807, 2.05) is 26.1 Å². The van der Waals surface area contributed by atoms with E-state index in [1.165, 1.54) is 6.07 Å². The van der Waals surface area contributed by atoms with Crippen molar-refractivity contribution in [1.29, 1.82) is 0 Å². The maximum atomic E-state index is 13.0. The Balaban J connectivity index is 2.89. The molecule has 1 nitrogen and oxygen atoms in total. The van der Waals surface area contributed by atoms with Crippen LogP contribution in [-0.2, 0) is 13.0 Å². The third kappa shape index (κ3) is 2.05. The lowest BCUT2D eigenvalue weighted by Crippen LogP contribution is -2.05. The maximum absolute atomic E-state index is 13.0. The summed E-state index contributed by atoms with van der Waals surface area (Å²) in [5.41, 5.74) is 1.93. The first-order chi connectivity index (χ1) is 5.77. The van der Waals surface area contributed by atoms with Gasteiger partial charge in [-0.1, -0.05) is 19.1 Å². The van der Waals surface area contributed by atoms with Gasteiger partial charge in [0, 0.05) is 6.54 Å². The van der Waals surface area contributed by atoms with Crippen LogP contribution < -0.4 is 5.32 Å². The lowest BCUT2D eigenvalue weighted by Gasteiger charge is -2.03. The fourth-order valence-corrected chi connectivity index (χ4v) is 1.21. The molecule has 0 atom stereocenters. The minimum absolute atomic E-state index is 0.0997.